The molecule has 0 fully saturated rings. The zero-order valence-corrected chi connectivity index (χ0v) is 10.4. The SMILES string of the molecule is CC(C)C(N)C(=O)O.N[C@@H](CCC(=O)O)C(=O)O. The molecule has 0 aliphatic heterocycles. The average Bonchev–Trinajstić information content (AvgIpc) is 2.24. The monoisotopic (exact) mass is 264 g/mol. The second-order valence-electron chi connectivity index (χ2n) is 3.99. The van der Waals surface area contributed by atoms with E-state index in [4.69, 9.17) is 26.8 Å². The summed E-state index contributed by atoms with van der Waals surface area (Å²) in [4.78, 5) is 29.9. The smallest absolute Gasteiger partial charge is 0.320 e. The number of carboxylic acids is 3. The zero-order chi connectivity index (χ0) is 14.9. The maximum Gasteiger partial charge on any atom is 0.320 e. The quantitative estimate of drug-likeness (QED) is 0.421. The summed E-state index contributed by atoms with van der Waals surface area (Å²) < 4.78 is 0. The van der Waals surface area contributed by atoms with Gasteiger partial charge < -0.3 is 26.8 Å². The molecular formula is C10H20N2O6. The van der Waals surface area contributed by atoms with Crippen LogP contribution in [-0.2, 0) is 14.4 Å². The minimum atomic E-state index is -1.17. The van der Waals surface area contributed by atoms with Gasteiger partial charge in [-0.15, -0.1) is 0 Å². The number of hydrogen-bond donors (Lipinski definition) is 5. The highest BCUT2D eigenvalue weighted by Gasteiger charge is 2.14. The van der Waals surface area contributed by atoms with Gasteiger partial charge in [-0.3, -0.25) is 14.4 Å². The molecule has 106 valence electrons. The molecule has 0 aromatic rings. The number of carbonyl (C=O) groups is 3. The van der Waals surface area contributed by atoms with Crippen LogP contribution in [0.3, 0.4) is 0 Å². The summed E-state index contributed by atoms with van der Waals surface area (Å²) in [5.74, 6) is -3.11. The highest BCUT2D eigenvalue weighted by molar-refractivity contribution is 5.74. The Morgan fingerprint density at radius 3 is 1.61 bits per heavy atom. The molecular weight excluding hydrogens is 244 g/mol. The molecule has 2 atom stereocenters. The molecule has 0 heterocycles. The van der Waals surface area contributed by atoms with Crippen LogP contribution >= 0.6 is 0 Å². The summed E-state index contributed by atoms with van der Waals surface area (Å²) in [6, 6.07) is -1.77. The molecule has 0 spiro atoms. The molecule has 18 heavy (non-hydrogen) atoms. The third-order valence-corrected chi connectivity index (χ3v) is 1.99. The largest absolute Gasteiger partial charge is 0.481 e. The Bertz CT molecular complexity index is 292. The normalized spacial score (nSPS) is 13.2. The van der Waals surface area contributed by atoms with Crippen LogP contribution in [-0.4, -0.2) is 45.3 Å². The topological polar surface area (TPSA) is 164 Å². The molecule has 7 N–H and O–H groups in total. The van der Waals surface area contributed by atoms with Crippen molar-refractivity contribution in [2.24, 2.45) is 17.4 Å². The maximum absolute atomic E-state index is 10.0. The second-order valence-corrected chi connectivity index (χ2v) is 3.99. The second kappa shape index (κ2) is 9.37. The fourth-order valence-electron chi connectivity index (χ4n) is 0.688. The van der Waals surface area contributed by atoms with E-state index in [1.807, 2.05) is 0 Å². The van der Waals surface area contributed by atoms with Gasteiger partial charge in [-0.1, -0.05) is 13.8 Å². The van der Waals surface area contributed by atoms with Gasteiger partial charge in [-0.05, 0) is 12.3 Å². The van der Waals surface area contributed by atoms with E-state index in [0.29, 0.717) is 0 Å². The third kappa shape index (κ3) is 10.8. The van der Waals surface area contributed by atoms with Crippen LogP contribution in [0, 0.1) is 5.92 Å². The lowest BCUT2D eigenvalue weighted by atomic mass is 10.1. The summed E-state index contributed by atoms with van der Waals surface area (Å²) >= 11 is 0. The lowest BCUT2D eigenvalue weighted by Crippen LogP contribution is -2.34. The zero-order valence-electron chi connectivity index (χ0n) is 10.4. The van der Waals surface area contributed by atoms with Gasteiger partial charge in [0.2, 0.25) is 0 Å². The Kier molecular flexibility index (Phi) is 9.73. The Morgan fingerprint density at radius 1 is 1.00 bits per heavy atom. The number of hydrogen-bond acceptors (Lipinski definition) is 5. The van der Waals surface area contributed by atoms with Crippen molar-refractivity contribution in [3.05, 3.63) is 0 Å². The van der Waals surface area contributed by atoms with Gasteiger partial charge in [0.05, 0.1) is 0 Å². The van der Waals surface area contributed by atoms with Crippen molar-refractivity contribution >= 4 is 17.9 Å². The summed E-state index contributed by atoms with van der Waals surface area (Å²) in [5.41, 5.74) is 10.2. The number of nitrogens with two attached hydrogens (primary N) is 2. The van der Waals surface area contributed by atoms with E-state index in [1.54, 1.807) is 13.8 Å². The van der Waals surface area contributed by atoms with Crippen molar-refractivity contribution in [1.82, 2.24) is 0 Å². The predicted molar refractivity (Wildman–Crippen MR) is 62.9 cm³/mol. The van der Waals surface area contributed by atoms with E-state index in [-0.39, 0.29) is 18.8 Å². The lowest BCUT2D eigenvalue weighted by Gasteiger charge is -2.07. The molecule has 1 unspecified atom stereocenters. The van der Waals surface area contributed by atoms with Gasteiger partial charge >= 0.3 is 17.9 Å². The van der Waals surface area contributed by atoms with Gasteiger partial charge in [0.1, 0.15) is 12.1 Å². The Hall–Kier alpha value is -1.67. The maximum atomic E-state index is 10.0. The average molecular weight is 264 g/mol. The Labute approximate surface area is 105 Å². The predicted octanol–water partition coefficient (Wildman–Crippen LogP) is -0.683. The van der Waals surface area contributed by atoms with Crippen LogP contribution in [0.1, 0.15) is 26.7 Å². The molecule has 0 bridgehead atoms. The first-order valence-electron chi connectivity index (χ1n) is 5.28. The van der Waals surface area contributed by atoms with Crippen molar-refractivity contribution < 1.29 is 29.7 Å². The fraction of sp³-hybridized carbons (Fsp3) is 0.700. The van der Waals surface area contributed by atoms with Crippen molar-refractivity contribution in [3.8, 4) is 0 Å². The summed E-state index contributed by atoms with van der Waals surface area (Å²) in [7, 11) is 0. The van der Waals surface area contributed by atoms with E-state index < -0.39 is 30.0 Å². The standard InChI is InChI=1S/C5H9NO4.C5H11NO2/c6-3(5(9)10)1-2-4(7)8;1-3(2)4(6)5(7)8/h3H,1-2,6H2,(H,7,8)(H,9,10);3-4H,6H2,1-2H3,(H,7,8)/t3-;/m0./s1. The highest BCUT2D eigenvalue weighted by Crippen LogP contribution is 1.96. The molecule has 0 aromatic carbocycles. The van der Waals surface area contributed by atoms with Gasteiger partial charge in [0.15, 0.2) is 0 Å². The first-order valence-corrected chi connectivity index (χ1v) is 5.28. The van der Waals surface area contributed by atoms with E-state index in [2.05, 4.69) is 0 Å². The van der Waals surface area contributed by atoms with Crippen molar-refractivity contribution in [1.29, 1.82) is 0 Å². The third-order valence-electron chi connectivity index (χ3n) is 1.99. The molecule has 0 rings (SSSR count). The van der Waals surface area contributed by atoms with Gasteiger partial charge in [-0.25, -0.2) is 0 Å². The lowest BCUT2D eigenvalue weighted by molar-refractivity contribution is -0.141. The van der Waals surface area contributed by atoms with Crippen LogP contribution in [0.2, 0.25) is 0 Å². The van der Waals surface area contributed by atoms with Gasteiger partial charge in [-0.2, -0.15) is 0 Å². The fourth-order valence-corrected chi connectivity index (χ4v) is 0.688. The Morgan fingerprint density at radius 2 is 1.44 bits per heavy atom. The minimum absolute atomic E-state index is 0.0208. The van der Waals surface area contributed by atoms with E-state index >= 15 is 0 Å². The summed E-state index contributed by atoms with van der Waals surface area (Å²) in [5, 5.41) is 24.5. The number of aliphatic carboxylic acids is 3. The first kappa shape index (κ1) is 18.7. The van der Waals surface area contributed by atoms with Crippen LogP contribution < -0.4 is 11.5 Å². The summed E-state index contributed by atoms with van der Waals surface area (Å²) in [6.07, 6.45) is -0.224. The van der Waals surface area contributed by atoms with Crippen LogP contribution in [0.4, 0.5) is 0 Å². The molecule has 0 aliphatic rings. The molecule has 0 radical (unpaired) electrons. The minimum Gasteiger partial charge on any atom is -0.481 e. The highest BCUT2D eigenvalue weighted by atomic mass is 16.4. The summed E-state index contributed by atoms with van der Waals surface area (Å²) in [6.45, 7) is 3.55. The van der Waals surface area contributed by atoms with Crippen molar-refractivity contribution in [3.63, 3.8) is 0 Å². The number of rotatable bonds is 6. The van der Waals surface area contributed by atoms with Crippen molar-refractivity contribution in [2.75, 3.05) is 0 Å². The molecule has 8 nitrogen and oxygen atoms in total. The molecule has 0 aromatic heterocycles. The number of carboxylic acid groups (broad SMARTS) is 3. The van der Waals surface area contributed by atoms with Gasteiger partial charge in [0.25, 0.3) is 0 Å². The molecule has 0 amide bonds. The first-order chi connectivity index (χ1) is 8.09. The van der Waals surface area contributed by atoms with E-state index in [1.165, 1.54) is 0 Å². The molecule has 0 saturated heterocycles. The molecule has 0 aliphatic carbocycles. The van der Waals surface area contributed by atoms with E-state index in [0.717, 1.165) is 0 Å². The van der Waals surface area contributed by atoms with Crippen LogP contribution in [0.5, 0.6) is 0 Å². The van der Waals surface area contributed by atoms with Crippen LogP contribution in [0.25, 0.3) is 0 Å². The molecule has 8 heteroatoms. The van der Waals surface area contributed by atoms with E-state index in [9.17, 15) is 14.4 Å². The van der Waals surface area contributed by atoms with Crippen molar-refractivity contribution in [2.45, 2.75) is 38.8 Å². The molecule has 0 saturated carbocycles. The van der Waals surface area contributed by atoms with Gasteiger partial charge in [0, 0.05) is 6.42 Å². The Balaban J connectivity index is 0. The van der Waals surface area contributed by atoms with Crippen LogP contribution in [0.15, 0.2) is 0 Å².